The van der Waals surface area contributed by atoms with E-state index in [0.29, 0.717) is 11.3 Å². The highest BCUT2D eigenvalue weighted by molar-refractivity contribution is 5.61. The summed E-state index contributed by atoms with van der Waals surface area (Å²) in [4.78, 5) is 3.69. The summed E-state index contributed by atoms with van der Waals surface area (Å²) in [6.07, 6.45) is 1.20. The van der Waals surface area contributed by atoms with E-state index in [2.05, 4.69) is 10.3 Å². The molecule has 0 saturated carbocycles. The molecule has 0 aliphatic heterocycles. The molecular formula is C12H8F5N3. The van der Waals surface area contributed by atoms with Crippen molar-refractivity contribution in [1.82, 2.24) is 4.98 Å². The molecule has 1 heterocycles. The zero-order chi connectivity index (χ0) is 15.0. The van der Waals surface area contributed by atoms with Crippen LogP contribution in [0.1, 0.15) is 5.56 Å². The van der Waals surface area contributed by atoms with Gasteiger partial charge in [-0.2, -0.15) is 0 Å². The summed E-state index contributed by atoms with van der Waals surface area (Å²) in [7, 11) is 0. The predicted octanol–water partition coefficient (Wildman–Crippen LogP) is 3.41. The van der Waals surface area contributed by atoms with Gasteiger partial charge in [-0.25, -0.2) is 26.9 Å². The van der Waals surface area contributed by atoms with Crippen LogP contribution < -0.4 is 11.1 Å². The van der Waals surface area contributed by atoms with Crippen molar-refractivity contribution in [2.45, 2.75) is 6.92 Å². The van der Waals surface area contributed by atoms with Crippen LogP contribution in [0.4, 0.5) is 39.1 Å². The highest BCUT2D eigenvalue weighted by atomic mass is 19.2. The van der Waals surface area contributed by atoms with Crippen LogP contribution in [0.3, 0.4) is 0 Å². The first-order valence-corrected chi connectivity index (χ1v) is 5.33. The second kappa shape index (κ2) is 4.95. The fraction of sp³-hybridized carbons (Fsp3) is 0.0833. The Labute approximate surface area is 110 Å². The van der Waals surface area contributed by atoms with Crippen molar-refractivity contribution in [3.8, 4) is 0 Å². The first-order chi connectivity index (χ1) is 9.32. The van der Waals surface area contributed by atoms with E-state index in [4.69, 9.17) is 5.73 Å². The maximum absolute atomic E-state index is 13.4. The topological polar surface area (TPSA) is 50.9 Å². The van der Waals surface area contributed by atoms with Crippen LogP contribution in [0.25, 0.3) is 0 Å². The SMILES string of the molecule is Cc1cc(Nc2c(F)c(F)c(F)c(F)c2F)ncc1N. The average Bonchev–Trinajstić information content (AvgIpc) is 2.43. The molecule has 2 aromatic rings. The zero-order valence-electron chi connectivity index (χ0n) is 10.1. The molecule has 1 aromatic carbocycles. The lowest BCUT2D eigenvalue weighted by molar-refractivity contribution is 0.382. The van der Waals surface area contributed by atoms with E-state index in [9.17, 15) is 22.0 Å². The lowest BCUT2D eigenvalue weighted by Gasteiger charge is -2.11. The molecule has 20 heavy (non-hydrogen) atoms. The molecule has 0 fully saturated rings. The Balaban J connectivity index is 2.51. The third-order valence-electron chi connectivity index (χ3n) is 2.61. The summed E-state index contributed by atoms with van der Waals surface area (Å²) in [6, 6.07) is 1.31. The molecule has 0 aliphatic rings. The van der Waals surface area contributed by atoms with Gasteiger partial charge in [0.2, 0.25) is 5.82 Å². The summed E-state index contributed by atoms with van der Waals surface area (Å²) >= 11 is 0. The molecule has 0 radical (unpaired) electrons. The molecule has 0 spiro atoms. The van der Waals surface area contributed by atoms with Crippen molar-refractivity contribution in [1.29, 1.82) is 0 Å². The monoisotopic (exact) mass is 289 g/mol. The van der Waals surface area contributed by atoms with E-state index in [1.165, 1.54) is 12.3 Å². The number of nitrogen functional groups attached to an aromatic ring is 1. The van der Waals surface area contributed by atoms with Gasteiger partial charge in [0.25, 0.3) is 0 Å². The van der Waals surface area contributed by atoms with E-state index < -0.39 is 34.8 Å². The minimum absolute atomic E-state index is 0.0973. The fourth-order valence-corrected chi connectivity index (χ4v) is 1.48. The minimum atomic E-state index is -2.22. The number of rotatable bonds is 2. The first-order valence-electron chi connectivity index (χ1n) is 5.33. The molecule has 1 aromatic heterocycles. The Morgan fingerprint density at radius 2 is 1.45 bits per heavy atom. The van der Waals surface area contributed by atoms with Crippen LogP contribution in [-0.4, -0.2) is 4.98 Å². The summed E-state index contributed by atoms with van der Waals surface area (Å²) in [5, 5.41) is 2.05. The van der Waals surface area contributed by atoms with Gasteiger partial charge in [0.1, 0.15) is 11.5 Å². The summed E-state index contributed by atoms with van der Waals surface area (Å²) in [6.45, 7) is 1.60. The van der Waals surface area contributed by atoms with Gasteiger partial charge in [0.15, 0.2) is 23.3 Å². The molecule has 8 heteroatoms. The number of hydrogen-bond acceptors (Lipinski definition) is 3. The molecule has 106 valence electrons. The number of nitrogens with two attached hydrogens (primary N) is 1. The van der Waals surface area contributed by atoms with Crippen LogP contribution in [0.5, 0.6) is 0 Å². The van der Waals surface area contributed by atoms with Crippen LogP contribution in [0, 0.1) is 36.0 Å². The third kappa shape index (κ3) is 2.24. The summed E-state index contributed by atoms with van der Waals surface area (Å²) in [5.74, 6) is -10.3. The van der Waals surface area contributed by atoms with Crippen molar-refractivity contribution < 1.29 is 22.0 Å². The van der Waals surface area contributed by atoms with Gasteiger partial charge in [-0.3, -0.25) is 0 Å². The normalized spacial score (nSPS) is 10.7. The first kappa shape index (κ1) is 14.0. The molecule has 0 aliphatic carbocycles. The maximum atomic E-state index is 13.4. The molecule has 0 saturated heterocycles. The van der Waals surface area contributed by atoms with E-state index in [0.717, 1.165) is 0 Å². The largest absolute Gasteiger partial charge is 0.397 e. The quantitative estimate of drug-likeness (QED) is 0.506. The predicted molar refractivity (Wildman–Crippen MR) is 62.9 cm³/mol. The van der Waals surface area contributed by atoms with Gasteiger partial charge in [-0.05, 0) is 18.6 Å². The van der Waals surface area contributed by atoms with E-state index in [1.54, 1.807) is 6.92 Å². The van der Waals surface area contributed by atoms with Crippen molar-refractivity contribution in [3.05, 3.63) is 46.9 Å². The van der Waals surface area contributed by atoms with Crippen molar-refractivity contribution in [2.24, 2.45) is 0 Å². The fourth-order valence-electron chi connectivity index (χ4n) is 1.48. The third-order valence-corrected chi connectivity index (χ3v) is 2.61. The summed E-state index contributed by atoms with van der Waals surface area (Å²) < 4.78 is 65.7. The number of nitrogens with one attached hydrogen (secondary N) is 1. The molecule has 3 N–H and O–H groups in total. The number of halogens is 5. The Morgan fingerprint density at radius 3 is 1.95 bits per heavy atom. The Bertz CT molecular complexity index is 658. The van der Waals surface area contributed by atoms with Crippen LogP contribution >= 0.6 is 0 Å². The molecule has 3 nitrogen and oxygen atoms in total. The zero-order valence-corrected chi connectivity index (χ0v) is 10.1. The van der Waals surface area contributed by atoms with Crippen LogP contribution in [0.2, 0.25) is 0 Å². The second-order valence-electron chi connectivity index (χ2n) is 4.00. The highest BCUT2D eigenvalue weighted by Crippen LogP contribution is 2.29. The number of aromatic nitrogens is 1. The van der Waals surface area contributed by atoms with Gasteiger partial charge in [-0.1, -0.05) is 0 Å². The standard InChI is InChI=1S/C12H8F5N3/c1-4-2-6(19-3-5(4)18)20-12-10(16)8(14)7(13)9(15)11(12)17/h2-3H,18H2,1H3,(H,19,20). The van der Waals surface area contributed by atoms with E-state index >= 15 is 0 Å². The van der Waals surface area contributed by atoms with Gasteiger partial charge < -0.3 is 11.1 Å². The van der Waals surface area contributed by atoms with Crippen molar-refractivity contribution in [3.63, 3.8) is 0 Å². The number of nitrogens with zero attached hydrogens (tertiary/aromatic N) is 1. The molecule has 2 rings (SSSR count). The van der Waals surface area contributed by atoms with E-state index in [1.807, 2.05) is 0 Å². The Hall–Kier alpha value is -2.38. The summed E-state index contributed by atoms with van der Waals surface area (Å²) in [5.41, 5.74) is 5.19. The molecule has 0 bridgehead atoms. The maximum Gasteiger partial charge on any atom is 0.200 e. The average molecular weight is 289 g/mol. The highest BCUT2D eigenvalue weighted by Gasteiger charge is 2.26. The van der Waals surface area contributed by atoms with Gasteiger partial charge in [0, 0.05) is 0 Å². The second-order valence-corrected chi connectivity index (χ2v) is 4.00. The van der Waals surface area contributed by atoms with Gasteiger partial charge in [-0.15, -0.1) is 0 Å². The van der Waals surface area contributed by atoms with Crippen LogP contribution in [-0.2, 0) is 0 Å². The molecule has 0 atom stereocenters. The van der Waals surface area contributed by atoms with Crippen LogP contribution in [0.15, 0.2) is 12.3 Å². The number of hydrogen-bond donors (Lipinski definition) is 2. The van der Waals surface area contributed by atoms with Crippen molar-refractivity contribution >= 4 is 17.2 Å². The lowest BCUT2D eigenvalue weighted by atomic mass is 10.2. The molecule has 0 unspecified atom stereocenters. The molecule has 0 amide bonds. The number of pyridine rings is 1. The Kier molecular flexibility index (Phi) is 3.47. The number of benzene rings is 1. The number of anilines is 3. The van der Waals surface area contributed by atoms with Gasteiger partial charge >= 0.3 is 0 Å². The number of aryl methyl sites for hydroxylation is 1. The van der Waals surface area contributed by atoms with Gasteiger partial charge in [0.05, 0.1) is 11.9 Å². The molecular weight excluding hydrogens is 281 g/mol. The smallest absolute Gasteiger partial charge is 0.200 e. The Morgan fingerprint density at radius 1 is 0.950 bits per heavy atom. The minimum Gasteiger partial charge on any atom is -0.397 e. The lowest BCUT2D eigenvalue weighted by Crippen LogP contribution is -2.07. The van der Waals surface area contributed by atoms with E-state index in [-0.39, 0.29) is 5.82 Å². The van der Waals surface area contributed by atoms with Crippen molar-refractivity contribution in [2.75, 3.05) is 11.1 Å².